The van der Waals surface area contributed by atoms with Crippen molar-refractivity contribution in [3.63, 3.8) is 0 Å². The Morgan fingerprint density at radius 2 is 1.47 bits per heavy atom. The van der Waals surface area contributed by atoms with Crippen molar-refractivity contribution in [3.8, 4) is 17.2 Å². The van der Waals surface area contributed by atoms with Gasteiger partial charge in [0.1, 0.15) is 24.6 Å². The Morgan fingerprint density at radius 3 is 2.07 bits per heavy atom. The number of benzene rings is 2. The SMILES string of the molecule is COc1cccc(Cc2ccc(O[C@@H]3CCOC3)cc2)c1O[C@@H]1O[C@H](COC(C)=O)[C@@H](OC(C)=O)[C@H](OC(C)=O)[C@H]1OC(C)=O. The molecule has 4 rings (SSSR count). The van der Waals surface area contributed by atoms with Crippen molar-refractivity contribution >= 4 is 23.9 Å². The molecule has 0 bridgehead atoms. The molecule has 2 fully saturated rings. The van der Waals surface area contributed by atoms with E-state index in [9.17, 15) is 19.2 Å². The molecule has 2 aliphatic rings. The minimum atomic E-state index is -1.41. The van der Waals surface area contributed by atoms with Gasteiger partial charge in [0, 0.05) is 46.1 Å². The lowest BCUT2D eigenvalue weighted by atomic mass is 9.97. The molecule has 13 nitrogen and oxygen atoms in total. The summed E-state index contributed by atoms with van der Waals surface area (Å²) in [5, 5.41) is 0. The van der Waals surface area contributed by atoms with Crippen LogP contribution in [0, 0.1) is 0 Å². The number of rotatable bonds is 12. The number of ether oxygens (including phenoxy) is 9. The van der Waals surface area contributed by atoms with Crippen LogP contribution in [0.15, 0.2) is 42.5 Å². The Hall–Kier alpha value is -4.36. The highest BCUT2D eigenvalue weighted by Crippen LogP contribution is 2.37. The molecule has 2 heterocycles. The van der Waals surface area contributed by atoms with Gasteiger partial charge in [0.15, 0.2) is 23.7 Å². The van der Waals surface area contributed by atoms with Gasteiger partial charge < -0.3 is 42.6 Å². The van der Waals surface area contributed by atoms with Crippen molar-refractivity contribution in [2.24, 2.45) is 0 Å². The van der Waals surface area contributed by atoms with Gasteiger partial charge >= 0.3 is 23.9 Å². The van der Waals surface area contributed by atoms with Gasteiger partial charge in [0.25, 0.3) is 0 Å². The van der Waals surface area contributed by atoms with E-state index in [-0.39, 0.29) is 18.5 Å². The van der Waals surface area contributed by atoms with Crippen LogP contribution in [0.25, 0.3) is 0 Å². The average molecular weight is 631 g/mol. The second-order valence-corrected chi connectivity index (χ2v) is 10.6. The third kappa shape index (κ3) is 9.32. The summed E-state index contributed by atoms with van der Waals surface area (Å²) < 4.78 is 51.1. The number of carbonyl (C=O) groups excluding carboxylic acids is 4. The van der Waals surface area contributed by atoms with Crippen LogP contribution in [0.3, 0.4) is 0 Å². The van der Waals surface area contributed by atoms with Gasteiger partial charge in [0.2, 0.25) is 12.4 Å². The van der Waals surface area contributed by atoms with E-state index in [4.69, 9.17) is 42.6 Å². The third-order valence-corrected chi connectivity index (χ3v) is 6.97. The first kappa shape index (κ1) is 33.5. The molecule has 0 aliphatic carbocycles. The highest BCUT2D eigenvalue weighted by Gasteiger charge is 2.53. The predicted molar refractivity (Wildman–Crippen MR) is 155 cm³/mol. The van der Waals surface area contributed by atoms with Crippen LogP contribution in [0.5, 0.6) is 17.2 Å². The second-order valence-electron chi connectivity index (χ2n) is 10.6. The molecular formula is C32H38O13. The highest BCUT2D eigenvalue weighted by molar-refractivity contribution is 5.68. The molecule has 0 amide bonds. The molecule has 0 saturated carbocycles. The van der Waals surface area contributed by atoms with E-state index in [0.29, 0.717) is 30.9 Å². The lowest BCUT2D eigenvalue weighted by molar-refractivity contribution is -0.288. The van der Waals surface area contributed by atoms with E-state index in [1.165, 1.54) is 14.0 Å². The monoisotopic (exact) mass is 630 g/mol. The Labute approximate surface area is 260 Å². The fraction of sp³-hybridized carbons (Fsp3) is 0.500. The lowest BCUT2D eigenvalue weighted by Gasteiger charge is -2.44. The molecule has 0 spiro atoms. The summed E-state index contributed by atoms with van der Waals surface area (Å²) in [6, 6.07) is 13.0. The number of para-hydroxylation sites is 1. The molecule has 2 aromatic rings. The fourth-order valence-electron chi connectivity index (χ4n) is 5.10. The molecule has 6 atom stereocenters. The lowest BCUT2D eigenvalue weighted by Crippen LogP contribution is -2.63. The van der Waals surface area contributed by atoms with Gasteiger partial charge in [-0.15, -0.1) is 0 Å². The van der Waals surface area contributed by atoms with Crippen LogP contribution in [0.4, 0.5) is 0 Å². The van der Waals surface area contributed by atoms with Gasteiger partial charge in [-0.1, -0.05) is 24.3 Å². The fourth-order valence-corrected chi connectivity index (χ4v) is 5.10. The number of hydrogen-bond acceptors (Lipinski definition) is 13. The molecule has 2 aliphatic heterocycles. The van der Waals surface area contributed by atoms with Crippen molar-refractivity contribution in [1.82, 2.24) is 0 Å². The Morgan fingerprint density at radius 1 is 0.800 bits per heavy atom. The van der Waals surface area contributed by atoms with E-state index in [1.807, 2.05) is 30.3 Å². The van der Waals surface area contributed by atoms with Crippen LogP contribution in [-0.4, -0.2) is 87.6 Å². The largest absolute Gasteiger partial charge is 0.493 e. The highest BCUT2D eigenvalue weighted by atomic mass is 16.7. The van der Waals surface area contributed by atoms with Gasteiger partial charge in [-0.2, -0.15) is 0 Å². The topological polar surface area (TPSA) is 151 Å². The Bertz CT molecular complexity index is 1340. The summed E-state index contributed by atoms with van der Waals surface area (Å²) in [5.74, 6) is -1.48. The van der Waals surface area contributed by atoms with Crippen molar-refractivity contribution in [3.05, 3.63) is 53.6 Å². The summed E-state index contributed by atoms with van der Waals surface area (Å²) in [4.78, 5) is 48.1. The van der Waals surface area contributed by atoms with Crippen molar-refractivity contribution in [2.75, 3.05) is 26.9 Å². The maximum Gasteiger partial charge on any atom is 0.303 e. The first-order valence-corrected chi connectivity index (χ1v) is 14.5. The molecule has 13 heteroatoms. The zero-order valence-electron chi connectivity index (χ0n) is 25.8. The Balaban J connectivity index is 1.66. The van der Waals surface area contributed by atoms with E-state index in [2.05, 4.69) is 0 Å². The minimum Gasteiger partial charge on any atom is -0.493 e. The first-order valence-electron chi connectivity index (χ1n) is 14.5. The van der Waals surface area contributed by atoms with E-state index >= 15 is 0 Å². The van der Waals surface area contributed by atoms with Crippen LogP contribution < -0.4 is 14.2 Å². The zero-order chi connectivity index (χ0) is 32.5. The smallest absolute Gasteiger partial charge is 0.303 e. The second kappa shape index (κ2) is 15.6. The molecule has 244 valence electrons. The predicted octanol–water partition coefficient (Wildman–Crippen LogP) is 2.92. The molecule has 0 unspecified atom stereocenters. The van der Waals surface area contributed by atoms with Crippen molar-refractivity contribution in [1.29, 1.82) is 0 Å². The first-order chi connectivity index (χ1) is 21.5. The van der Waals surface area contributed by atoms with Gasteiger partial charge in [-0.25, -0.2) is 0 Å². The number of esters is 4. The maximum absolute atomic E-state index is 12.2. The zero-order valence-corrected chi connectivity index (χ0v) is 25.8. The van der Waals surface area contributed by atoms with Gasteiger partial charge in [0.05, 0.1) is 20.3 Å². The normalized spacial score (nSPS) is 24.2. The van der Waals surface area contributed by atoms with Crippen LogP contribution >= 0.6 is 0 Å². The summed E-state index contributed by atoms with van der Waals surface area (Å²) in [6.45, 7) is 5.53. The van der Waals surface area contributed by atoms with Crippen LogP contribution in [0.1, 0.15) is 45.2 Å². The number of methoxy groups -OCH3 is 1. The van der Waals surface area contributed by atoms with Gasteiger partial charge in [-0.05, 0) is 23.8 Å². The third-order valence-electron chi connectivity index (χ3n) is 6.97. The van der Waals surface area contributed by atoms with Crippen molar-refractivity contribution < 1.29 is 61.8 Å². The number of hydrogen-bond donors (Lipinski definition) is 0. The summed E-state index contributed by atoms with van der Waals surface area (Å²) in [5.41, 5.74) is 1.63. The van der Waals surface area contributed by atoms with Crippen LogP contribution in [0.2, 0.25) is 0 Å². The molecular weight excluding hydrogens is 592 g/mol. The maximum atomic E-state index is 12.2. The van der Waals surface area contributed by atoms with Gasteiger partial charge in [-0.3, -0.25) is 19.2 Å². The van der Waals surface area contributed by atoms with E-state index in [1.54, 1.807) is 12.1 Å². The summed E-state index contributed by atoms with van der Waals surface area (Å²) in [7, 11) is 1.47. The molecule has 45 heavy (non-hydrogen) atoms. The molecule has 0 N–H and O–H groups in total. The standard InChI is InChI=1S/C32H38O13/c1-18(33)39-17-27-29(40-19(2)34)30(41-20(3)35)31(42-21(4)36)32(44-27)45-28-23(7-6-8-26(28)37-5)15-22-9-11-24(12-10-22)43-25-13-14-38-16-25/h6-12,25,27,29-32H,13-17H2,1-5H3/t25-,27-,29-,30+,31-,32+/m1/s1. The summed E-state index contributed by atoms with van der Waals surface area (Å²) in [6.07, 6.45) is -5.36. The molecule has 0 aromatic heterocycles. The minimum absolute atomic E-state index is 0.0239. The average Bonchev–Trinajstić information content (AvgIpc) is 3.49. The van der Waals surface area contributed by atoms with Crippen LogP contribution in [-0.2, 0) is 54.0 Å². The quantitative estimate of drug-likeness (QED) is 0.250. The summed E-state index contributed by atoms with van der Waals surface area (Å²) >= 11 is 0. The molecule has 0 radical (unpaired) electrons. The molecule has 2 aromatic carbocycles. The number of carbonyl (C=O) groups is 4. The Kier molecular flexibility index (Phi) is 11.6. The van der Waals surface area contributed by atoms with E-state index < -0.39 is 54.6 Å². The van der Waals surface area contributed by atoms with E-state index in [0.717, 1.165) is 38.5 Å². The van der Waals surface area contributed by atoms with Crippen molar-refractivity contribution in [2.45, 2.75) is 77.3 Å². The molecule has 2 saturated heterocycles.